The van der Waals surface area contributed by atoms with Crippen LogP contribution in [0, 0.1) is 17.5 Å². The predicted octanol–water partition coefficient (Wildman–Crippen LogP) is 0.410. The first kappa shape index (κ1) is 14.3. The van der Waals surface area contributed by atoms with Crippen molar-refractivity contribution in [2.45, 2.75) is 11.1 Å². The maximum Gasteiger partial charge on any atom is 0.250 e. The SMILES string of the molecule is NC1COCCN1S(=O)(=O)c1c(F)cc(F)cc1F. The number of rotatable bonds is 2. The van der Waals surface area contributed by atoms with Gasteiger partial charge in [-0.15, -0.1) is 0 Å². The van der Waals surface area contributed by atoms with Crippen LogP contribution in [0.15, 0.2) is 17.0 Å². The van der Waals surface area contributed by atoms with Crippen molar-refractivity contribution < 1.29 is 26.3 Å². The number of halogens is 3. The maximum atomic E-state index is 13.5. The van der Waals surface area contributed by atoms with Crippen LogP contribution in [0.4, 0.5) is 13.2 Å². The molecule has 0 aromatic heterocycles. The number of hydrogen-bond donors (Lipinski definition) is 1. The van der Waals surface area contributed by atoms with E-state index in [0.717, 1.165) is 4.31 Å². The van der Waals surface area contributed by atoms with Crippen LogP contribution in [0.5, 0.6) is 0 Å². The van der Waals surface area contributed by atoms with Crippen molar-refractivity contribution in [2.75, 3.05) is 19.8 Å². The van der Waals surface area contributed by atoms with Gasteiger partial charge in [0.25, 0.3) is 0 Å². The number of ether oxygens (including phenoxy) is 1. The summed E-state index contributed by atoms with van der Waals surface area (Å²) in [6.07, 6.45) is -1.04. The molecular weight excluding hydrogens is 285 g/mol. The summed E-state index contributed by atoms with van der Waals surface area (Å²) in [6.45, 7) is -0.138. The standard InChI is InChI=1S/C10H11F3N2O3S/c11-6-3-7(12)10(8(13)4-6)19(16,17)15-1-2-18-5-9(15)14/h3-4,9H,1-2,5,14H2. The number of hydrogen-bond acceptors (Lipinski definition) is 4. The fourth-order valence-electron chi connectivity index (χ4n) is 1.80. The smallest absolute Gasteiger partial charge is 0.250 e. The van der Waals surface area contributed by atoms with Crippen LogP contribution >= 0.6 is 0 Å². The van der Waals surface area contributed by atoms with Gasteiger partial charge in [-0.2, -0.15) is 4.31 Å². The maximum absolute atomic E-state index is 13.5. The van der Waals surface area contributed by atoms with Gasteiger partial charge in [-0.1, -0.05) is 0 Å². The summed E-state index contributed by atoms with van der Waals surface area (Å²) < 4.78 is 69.8. The molecule has 0 spiro atoms. The largest absolute Gasteiger partial charge is 0.377 e. The number of nitrogens with two attached hydrogens (primary N) is 1. The first-order chi connectivity index (χ1) is 8.84. The molecule has 1 unspecified atom stereocenters. The summed E-state index contributed by atoms with van der Waals surface area (Å²) in [4.78, 5) is -1.20. The molecule has 1 atom stereocenters. The van der Waals surface area contributed by atoms with Gasteiger partial charge in [0.1, 0.15) is 17.5 Å². The lowest BCUT2D eigenvalue weighted by molar-refractivity contribution is 0.0348. The van der Waals surface area contributed by atoms with Crippen molar-refractivity contribution in [1.29, 1.82) is 0 Å². The van der Waals surface area contributed by atoms with Crippen LogP contribution in [0.2, 0.25) is 0 Å². The van der Waals surface area contributed by atoms with E-state index < -0.39 is 38.5 Å². The molecule has 19 heavy (non-hydrogen) atoms. The monoisotopic (exact) mass is 296 g/mol. The van der Waals surface area contributed by atoms with Crippen molar-refractivity contribution in [3.8, 4) is 0 Å². The highest BCUT2D eigenvalue weighted by molar-refractivity contribution is 7.89. The minimum atomic E-state index is -4.48. The lowest BCUT2D eigenvalue weighted by Gasteiger charge is -2.31. The molecule has 1 aromatic carbocycles. The normalized spacial score (nSPS) is 21.6. The Kier molecular flexibility index (Phi) is 3.81. The summed E-state index contributed by atoms with van der Waals surface area (Å²) in [6, 6.07) is 0.615. The number of sulfonamides is 1. The highest BCUT2D eigenvalue weighted by Crippen LogP contribution is 2.25. The van der Waals surface area contributed by atoms with Gasteiger partial charge in [0.05, 0.1) is 19.4 Å². The van der Waals surface area contributed by atoms with Gasteiger partial charge >= 0.3 is 0 Å². The van der Waals surface area contributed by atoms with Crippen LogP contribution in [0.3, 0.4) is 0 Å². The molecule has 0 bridgehead atoms. The van der Waals surface area contributed by atoms with Gasteiger partial charge in [0.2, 0.25) is 10.0 Å². The number of morpholine rings is 1. The average Bonchev–Trinajstić information content (AvgIpc) is 2.27. The second-order valence-corrected chi connectivity index (χ2v) is 5.78. The van der Waals surface area contributed by atoms with E-state index in [1.165, 1.54) is 0 Å². The second-order valence-electron chi connectivity index (χ2n) is 3.96. The molecule has 5 nitrogen and oxygen atoms in total. The Labute approximate surface area is 107 Å². The fourth-order valence-corrected chi connectivity index (χ4v) is 3.38. The zero-order chi connectivity index (χ0) is 14.2. The van der Waals surface area contributed by atoms with Crippen LogP contribution in [0.1, 0.15) is 0 Å². The molecule has 0 radical (unpaired) electrons. The van der Waals surface area contributed by atoms with E-state index in [4.69, 9.17) is 10.5 Å². The predicted molar refractivity (Wildman–Crippen MR) is 59.0 cm³/mol. The topological polar surface area (TPSA) is 72.6 Å². The number of nitrogens with zero attached hydrogens (tertiary/aromatic N) is 1. The molecule has 2 N–H and O–H groups in total. The average molecular weight is 296 g/mol. The summed E-state index contributed by atoms with van der Waals surface area (Å²) in [5.41, 5.74) is 5.54. The molecule has 2 rings (SSSR count). The van der Waals surface area contributed by atoms with Crippen LogP contribution in [-0.2, 0) is 14.8 Å². The van der Waals surface area contributed by atoms with E-state index in [-0.39, 0.29) is 19.8 Å². The Hall–Kier alpha value is -1.16. The van der Waals surface area contributed by atoms with Gasteiger partial charge in [0, 0.05) is 18.7 Å². The summed E-state index contributed by atoms with van der Waals surface area (Å²) in [5, 5.41) is 0. The van der Waals surface area contributed by atoms with Crippen molar-refractivity contribution in [3.05, 3.63) is 29.6 Å². The minimum Gasteiger partial charge on any atom is -0.377 e. The van der Waals surface area contributed by atoms with Gasteiger partial charge < -0.3 is 10.5 Å². The number of benzene rings is 1. The molecule has 1 aliphatic rings. The Bertz CT molecular complexity index is 571. The van der Waals surface area contributed by atoms with E-state index in [0.29, 0.717) is 12.1 Å². The Balaban J connectivity index is 2.50. The minimum absolute atomic E-state index is 0.0668. The highest BCUT2D eigenvalue weighted by Gasteiger charge is 2.36. The molecule has 0 saturated carbocycles. The summed E-state index contributed by atoms with van der Waals surface area (Å²) in [7, 11) is -4.48. The Morgan fingerprint density at radius 1 is 1.26 bits per heavy atom. The molecule has 0 aliphatic carbocycles. The molecule has 1 aromatic rings. The molecule has 106 valence electrons. The first-order valence-corrected chi connectivity index (χ1v) is 6.78. The fraction of sp³-hybridized carbons (Fsp3) is 0.400. The molecular formula is C10H11F3N2O3S. The molecule has 1 fully saturated rings. The van der Waals surface area contributed by atoms with Crippen molar-refractivity contribution >= 4 is 10.0 Å². The van der Waals surface area contributed by atoms with Gasteiger partial charge in [-0.25, -0.2) is 21.6 Å². The Morgan fingerprint density at radius 3 is 2.37 bits per heavy atom. The first-order valence-electron chi connectivity index (χ1n) is 5.34. The van der Waals surface area contributed by atoms with E-state index in [9.17, 15) is 21.6 Å². The van der Waals surface area contributed by atoms with Crippen LogP contribution in [-0.4, -0.2) is 38.6 Å². The van der Waals surface area contributed by atoms with Crippen molar-refractivity contribution in [1.82, 2.24) is 4.31 Å². The van der Waals surface area contributed by atoms with Gasteiger partial charge in [0.15, 0.2) is 4.90 Å². The summed E-state index contributed by atoms with van der Waals surface area (Å²) >= 11 is 0. The molecule has 9 heteroatoms. The molecule has 1 aliphatic heterocycles. The summed E-state index contributed by atoms with van der Waals surface area (Å²) in [5.74, 6) is -4.17. The lowest BCUT2D eigenvalue weighted by Crippen LogP contribution is -2.53. The van der Waals surface area contributed by atoms with Crippen LogP contribution < -0.4 is 5.73 Å². The third-order valence-corrected chi connectivity index (χ3v) is 4.62. The van der Waals surface area contributed by atoms with Gasteiger partial charge in [-0.05, 0) is 0 Å². The van der Waals surface area contributed by atoms with E-state index >= 15 is 0 Å². The Morgan fingerprint density at radius 2 is 1.84 bits per heavy atom. The van der Waals surface area contributed by atoms with Crippen LogP contribution in [0.25, 0.3) is 0 Å². The third-order valence-electron chi connectivity index (χ3n) is 2.64. The quantitative estimate of drug-likeness (QED) is 0.858. The van der Waals surface area contributed by atoms with Crippen molar-refractivity contribution in [3.63, 3.8) is 0 Å². The van der Waals surface area contributed by atoms with E-state index in [1.807, 2.05) is 0 Å². The zero-order valence-electron chi connectivity index (χ0n) is 9.64. The molecule has 1 saturated heterocycles. The second kappa shape index (κ2) is 5.08. The lowest BCUT2D eigenvalue weighted by atomic mass is 10.3. The highest BCUT2D eigenvalue weighted by atomic mass is 32.2. The van der Waals surface area contributed by atoms with Crippen molar-refractivity contribution in [2.24, 2.45) is 5.73 Å². The third kappa shape index (κ3) is 2.59. The zero-order valence-corrected chi connectivity index (χ0v) is 10.5. The van der Waals surface area contributed by atoms with Gasteiger partial charge in [-0.3, -0.25) is 0 Å². The molecule has 0 amide bonds. The van der Waals surface area contributed by atoms with E-state index in [1.54, 1.807) is 0 Å². The molecule has 1 heterocycles. The van der Waals surface area contributed by atoms with E-state index in [2.05, 4.69) is 0 Å².